The van der Waals surface area contributed by atoms with Gasteiger partial charge in [-0.3, -0.25) is 4.57 Å². The number of aliphatic hydroxyl groups excluding tert-OH is 2. The number of unbranched alkanes of at least 4 members (excludes halogenated alkanes) is 2. The molecule has 0 spiro atoms. The predicted molar refractivity (Wildman–Crippen MR) is 85.0 cm³/mol. The molecule has 0 saturated carbocycles. The molecule has 2 aromatic rings. The summed E-state index contributed by atoms with van der Waals surface area (Å²) in [5, 5.41) is 22.6. The lowest BCUT2D eigenvalue weighted by molar-refractivity contribution is -0.0486. The topological polar surface area (TPSA) is 105 Å². The summed E-state index contributed by atoms with van der Waals surface area (Å²) in [7, 11) is 0. The summed E-state index contributed by atoms with van der Waals surface area (Å²) in [6.07, 6.45) is 5.25. The van der Waals surface area contributed by atoms with Crippen LogP contribution in [0.3, 0.4) is 0 Å². The van der Waals surface area contributed by atoms with Crippen molar-refractivity contribution < 1.29 is 14.9 Å². The van der Waals surface area contributed by atoms with Crippen molar-refractivity contribution in [2.75, 3.05) is 18.5 Å². The molecule has 126 valence electrons. The number of aliphatic hydroxyl groups is 2. The second-order valence-corrected chi connectivity index (χ2v) is 5.81. The largest absolute Gasteiger partial charge is 0.394 e. The Balaban J connectivity index is 1.81. The van der Waals surface area contributed by atoms with Crippen molar-refractivity contribution in [1.29, 1.82) is 0 Å². The molecule has 8 nitrogen and oxygen atoms in total. The highest BCUT2D eigenvalue weighted by atomic mass is 16.5. The lowest BCUT2D eigenvalue weighted by Crippen LogP contribution is -2.19. The number of aromatic nitrogens is 4. The third-order valence-electron chi connectivity index (χ3n) is 4.07. The predicted octanol–water partition coefficient (Wildman–Crippen LogP) is 1.07. The van der Waals surface area contributed by atoms with Gasteiger partial charge < -0.3 is 20.3 Å². The summed E-state index contributed by atoms with van der Waals surface area (Å²) in [5.41, 5.74) is 1.27. The number of hydrogen-bond acceptors (Lipinski definition) is 7. The van der Waals surface area contributed by atoms with Gasteiger partial charge in [0.15, 0.2) is 23.2 Å². The highest BCUT2D eigenvalue weighted by Gasteiger charge is 2.35. The fourth-order valence-electron chi connectivity index (χ4n) is 2.85. The maximum absolute atomic E-state index is 10.1. The van der Waals surface area contributed by atoms with E-state index in [1.165, 1.54) is 19.2 Å². The number of imidazole rings is 1. The van der Waals surface area contributed by atoms with Crippen molar-refractivity contribution in [1.82, 2.24) is 19.5 Å². The Morgan fingerprint density at radius 2 is 2.22 bits per heavy atom. The molecule has 0 aliphatic carbocycles. The van der Waals surface area contributed by atoms with Gasteiger partial charge in [-0.05, 0) is 6.42 Å². The van der Waals surface area contributed by atoms with Crippen molar-refractivity contribution in [2.24, 2.45) is 0 Å². The monoisotopic (exact) mass is 321 g/mol. The van der Waals surface area contributed by atoms with E-state index < -0.39 is 12.3 Å². The fourth-order valence-corrected chi connectivity index (χ4v) is 2.85. The van der Waals surface area contributed by atoms with Gasteiger partial charge in [0.1, 0.15) is 12.4 Å². The number of fused-ring (bicyclic) bond motifs is 1. The van der Waals surface area contributed by atoms with Gasteiger partial charge in [0.2, 0.25) is 0 Å². The molecule has 3 N–H and O–H groups in total. The molecule has 2 aromatic heterocycles. The molecule has 0 bridgehead atoms. The van der Waals surface area contributed by atoms with E-state index in [1.54, 1.807) is 10.9 Å². The van der Waals surface area contributed by atoms with Crippen molar-refractivity contribution in [2.45, 2.75) is 51.0 Å². The Kier molecular flexibility index (Phi) is 5.04. The summed E-state index contributed by atoms with van der Waals surface area (Å²) in [6, 6.07) is 0. The summed E-state index contributed by atoms with van der Waals surface area (Å²) in [6.45, 7) is 2.89. The van der Waals surface area contributed by atoms with Crippen LogP contribution in [0.1, 0.15) is 38.8 Å². The van der Waals surface area contributed by atoms with E-state index in [0.717, 1.165) is 13.0 Å². The Morgan fingerprint density at radius 3 is 2.96 bits per heavy atom. The van der Waals surface area contributed by atoms with Crippen LogP contribution in [0.5, 0.6) is 0 Å². The Hall–Kier alpha value is -1.77. The number of nitrogens with one attached hydrogen (secondary N) is 1. The number of nitrogens with zero attached hydrogens (tertiary/aromatic N) is 4. The van der Waals surface area contributed by atoms with Gasteiger partial charge in [-0.1, -0.05) is 19.8 Å². The summed E-state index contributed by atoms with van der Waals surface area (Å²) < 4.78 is 7.37. The summed E-state index contributed by atoms with van der Waals surface area (Å²) in [4.78, 5) is 12.9. The molecule has 1 fully saturated rings. The minimum atomic E-state index is -0.694. The van der Waals surface area contributed by atoms with Gasteiger partial charge in [0, 0.05) is 13.0 Å². The van der Waals surface area contributed by atoms with Gasteiger partial charge in [-0.25, -0.2) is 15.0 Å². The quantitative estimate of drug-likeness (QED) is 0.655. The molecule has 0 aromatic carbocycles. The van der Waals surface area contributed by atoms with E-state index >= 15 is 0 Å². The van der Waals surface area contributed by atoms with Crippen LogP contribution >= 0.6 is 0 Å². The zero-order chi connectivity index (χ0) is 16.2. The minimum Gasteiger partial charge on any atom is -0.394 e. The van der Waals surface area contributed by atoms with Gasteiger partial charge in [0.05, 0.1) is 19.0 Å². The zero-order valence-electron chi connectivity index (χ0n) is 13.2. The highest BCUT2D eigenvalue weighted by Crippen LogP contribution is 2.31. The van der Waals surface area contributed by atoms with E-state index in [2.05, 4.69) is 27.2 Å². The lowest BCUT2D eigenvalue weighted by atomic mass is 10.2. The first-order valence-electron chi connectivity index (χ1n) is 8.10. The van der Waals surface area contributed by atoms with E-state index in [4.69, 9.17) is 4.74 Å². The standard InChI is InChI=1S/C15H23N5O3/c1-2-3-4-5-16-13-12-14(18-8-17-13)20(9-19-12)15-11(22)6-10(7-21)23-15/h8-11,15,21-22H,2-7H2,1H3,(H,16,17,18)/t10-,11?,15+/m0/s1. The molecule has 8 heteroatoms. The highest BCUT2D eigenvalue weighted by molar-refractivity contribution is 5.82. The molecule has 23 heavy (non-hydrogen) atoms. The molecule has 1 aliphatic heterocycles. The second kappa shape index (κ2) is 7.20. The summed E-state index contributed by atoms with van der Waals surface area (Å²) >= 11 is 0. The molecule has 0 radical (unpaired) electrons. The van der Waals surface area contributed by atoms with E-state index in [9.17, 15) is 10.2 Å². The molecule has 0 amide bonds. The number of anilines is 1. The average molecular weight is 321 g/mol. The van der Waals surface area contributed by atoms with E-state index in [0.29, 0.717) is 23.4 Å². The molecule has 1 saturated heterocycles. The molecule has 3 atom stereocenters. The lowest BCUT2D eigenvalue weighted by Gasteiger charge is -2.16. The van der Waals surface area contributed by atoms with Crippen molar-refractivity contribution in [3.63, 3.8) is 0 Å². The van der Waals surface area contributed by atoms with E-state index in [-0.39, 0.29) is 12.7 Å². The van der Waals surface area contributed by atoms with Crippen LogP contribution in [-0.2, 0) is 4.74 Å². The zero-order valence-corrected chi connectivity index (χ0v) is 13.2. The molecule has 3 heterocycles. The Bertz CT molecular complexity index is 647. The smallest absolute Gasteiger partial charge is 0.167 e. The first-order chi connectivity index (χ1) is 11.2. The second-order valence-electron chi connectivity index (χ2n) is 5.81. The van der Waals surface area contributed by atoms with Gasteiger partial charge in [-0.15, -0.1) is 0 Å². The van der Waals surface area contributed by atoms with E-state index in [1.807, 2.05) is 0 Å². The van der Waals surface area contributed by atoms with Crippen LogP contribution in [0.4, 0.5) is 5.82 Å². The van der Waals surface area contributed by atoms with Crippen LogP contribution in [0, 0.1) is 0 Å². The van der Waals surface area contributed by atoms with Gasteiger partial charge in [-0.2, -0.15) is 0 Å². The number of ether oxygens (including phenoxy) is 1. The normalized spacial score (nSPS) is 24.4. The third kappa shape index (κ3) is 3.29. The Morgan fingerprint density at radius 1 is 1.35 bits per heavy atom. The van der Waals surface area contributed by atoms with Crippen LogP contribution in [0.15, 0.2) is 12.7 Å². The van der Waals surface area contributed by atoms with Crippen molar-refractivity contribution >= 4 is 17.0 Å². The summed E-state index contributed by atoms with van der Waals surface area (Å²) in [5.74, 6) is 0.691. The minimum absolute atomic E-state index is 0.112. The maximum atomic E-state index is 10.1. The first kappa shape index (κ1) is 16.1. The van der Waals surface area contributed by atoms with Gasteiger partial charge in [0.25, 0.3) is 0 Å². The molecular formula is C15H23N5O3. The van der Waals surface area contributed by atoms with Crippen LogP contribution in [0.2, 0.25) is 0 Å². The Labute approximate surface area is 134 Å². The number of rotatable bonds is 7. The molecule has 3 rings (SSSR count). The van der Waals surface area contributed by atoms with Gasteiger partial charge >= 0.3 is 0 Å². The van der Waals surface area contributed by atoms with Crippen LogP contribution in [-0.4, -0.2) is 55.1 Å². The number of hydrogen-bond donors (Lipinski definition) is 3. The van der Waals surface area contributed by atoms with Crippen molar-refractivity contribution in [3.05, 3.63) is 12.7 Å². The van der Waals surface area contributed by atoms with Crippen LogP contribution in [0.25, 0.3) is 11.2 Å². The average Bonchev–Trinajstić information content (AvgIpc) is 3.15. The maximum Gasteiger partial charge on any atom is 0.167 e. The SMILES string of the molecule is CCCCCNc1ncnc2c1ncn2[C@@H]1O[C@H](CO)CC1O. The first-order valence-corrected chi connectivity index (χ1v) is 8.10. The fraction of sp³-hybridized carbons (Fsp3) is 0.667. The molecule has 1 aliphatic rings. The van der Waals surface area contributed by atoms with Crippen molar-refractivity contribution in [3.8, 4) is 0 Å². The molecule has 1 unspecified atom stereocenters. The third-order valence-corrected chi connectivity index (χ3v) is 4.07. The molecular weight excluding hydrogens is 298 g/mol. The van der Waals surface area contributed by atoms with Crippen LogP contribution < -0.4 is 5.32 Å².